The van der Waals surface area contributed by atoms with Crippen LogP contribution in [0.4, 0.5) is 5.69 Å². The second-order valence-corrected chi connectivity index (χ2v) is 6.58. The minimum absolute atomic E-state index is 0.134. The van der Waals surface area contributed by atoms with E-state index in [1.165, 1.54) is 12.1 Å². The fourth-order valence-electron chi connectivity index (χ4n) is 2.53. The highest BCUT2D eigenvalue weighted by Crippen LogP contribution is 2.39. The van der Waals surface area contributed by atoms with E-state index in [0.717, 1.165) is 12.0 Å². The number of hydrogen-bond donors (Lipinski definition) is 1. The molecule has 0 spiro atoms. The first kappa shape index (κ1) is 14.5. The summed E-state index contributed by atoms with van der Waals surface area (Å²) in [4.78, 5) is 10.1. The first-order chi connectivity index (χ1) is 8.03. The van der Waals surface area contributed by atoms with Gasteiger partial charge in [-0.2, -0.15) is 0 Å². The Balaban J connectivity index is 3.11. The van der Waals surface area contributed by atoms with Crippen molar-refractivity contribution in [2.45, 2.75) is 46.5 Å². The summed E-state index contributed by atoms with van der Waals surface area (Å²) in [6.45, 7) is 10.6. The molecule has 1 aromatic rings. The van der Waals surface area contributed by atoms with Gasteiger partial charge >= 0.3 is 5.69 Å². The fraction of sp³-hybridized carbons (Fsp3) is 0.571. The third-order valence-electron chi connectivity index (χ3n) is 2.93. The lowest BCUT2D eigenvalue weighted by Crippen LogP contribution is -2.24. The lowest BCUT2D eigenvalue weighted by Gasteiger charge is -2.33. The van der Waals surface area contributed by atoms with Gasteiger partial charge in [0.2, 0.25) is 0 Å². The van der Waals surface area contributed by atoms with Crippen LogP contribution in [0.3, 0.4) is 0 Å². The number of nitrogens with zero attached hydrogens (tertiary/aromatic N) is 1. The minimum atomic E-state index is -0.574. The van der Waals surface area contributed by atoms with Gasteiger partial charge in [-0.3, -0.25) is 10.1 Å². The highest BCUT2D eigenvalue weighted by molar-refractivity contribution is 5.48. The largest absolute Gasteiger partial charge is 0.502 e. The van der Waals surface area contributed by atoms with Crippen molar-refractivity contribution in [3.8, 4) is 5.75 Å². The maximum atomic E-state index is 10.7. The van der Waals surface area contributed by atoms with Crippen LogP contribution in [0.25, 0.3) is 0 Å². The molecule has 0 fully saturated rings. The molecule has 0 heterocycles. The number of aromatic hydroxyl groups is 1. The quantitative estimate of drug-likeness (QED) is 0.652. The molecule has 0 aromatic heterocycles. The van der Waals surface area contributed by atoms with E-state index in [0.29, 0.717) is 0 Å². The number of hydrogen-bond acceptors (Lipinski definition) is 3. The van der Waals surface area contributed by atoms with Crippen LogP contribution >= 0.6 is 0 Å². The van der Waals surface area contributed by atoms with E-state index in [1.807, 2.05) is 0 Å². The Kier molecular flexibility index (Phi) is 3.70. The molecule has 4 heteroatoms. The number of nitro benzene ring substituents is 1. The second-order valence-electron chi connectivity index (χ2n) is 6.58. The molecule has 0 amide bonds. The van der Waals surface area contributed by atoms with Gasteiger partial charge < -0.3 is 5.11 Å². The Bertz CT molecular complexity index is 459. The van der Waals surface area contributed by atoms with E-state index in [2.05, 4.69) is 34.6 Å². The van der Waals surface area contributed by atoms with Gasteiger partial charge in [0.25, 0.3) is 0 Å². The van der Waals surface area contributed by atoms with Crippen molar-refractivity contribution < 1.29 is 10.0 Å². The van der Waals surface area contributed by atoms with E-state index in [9.17, 15) is 15.2 Å². The predicted octanol–water partition coefficient (Wildman–Crippen LogP) is 4.01. The molecule has 0 radical (unpaired) electrons. The van der Waals surface area contributed by atoms with Gasteiger partial charge in [-0.1, -0.05) is 40.7 Å². The molecule has 0 aliphatic rings. The van der Waals surface area contributed by atoms with Crippen LogP contribution < -0.4 is 0 Å². The number of phenols is 1. The van der Waals surface area contributed by atoms with Crippen molar-refractivity contribution >= 4 is 5.69 Å². The molecule has 0 saturated carbocycles. The van der Waals surface area contributed by atoms with Crippen LogP contribution in [0.1, 0.15) is 46.6 Å². The molecule has 0 unspecified atom stereocenters. The predicted molar refractivity (Wildman–Crippen MR) is 71.9 cm³/mol. The summed E-state index contributed by atoms with van der Waals surface area (Å²) in [6, 6.07) is 4.60. The van der Waals surface area contributed by atoms with Crippen molar-refractivity contribution in [3.05, 3.63) is 33.9 Å². The zero-order chi connectivity index (χ0) is 14.1. The smallest absolute Gasteiger partial charge is 0.310 e. The van der Waals surface area contributed by atoms with Gasteiger partial charge in [0.1, 0.15) is 0 Å². The lowest BCUT2D eigenvalue weighted by molar-refractivity contribution is -0.385. The van der Waals surface area contributed by atoms with Crippen LogP contribution in [0.5, 0.6) is 5.75 Å². The van der Waals surface area contributed by atoms with E-state index >= 15 is 0 Å². The third-order valence-corrected chi connectivity index (χ3v) is 2.93. The highest BCUT2D eigenvalue weighted by Gasteiger charge is 2.28. The van der Waals surface area contributed by atoms with Gasteiger partial charge in [-0.25, -0.2) is 0 Å². The average molecular weight is 251 g/mol. The topological polar surface area (TPSA) is 63.4 Å². The standard InChI is InChI=1S/C14H21NO3/c1-13(2,3)9-14(4,5)10-6-7-11(15(17)18)12(16)8-10/h6-8,16H,9H2,1-5H3. The average Bonchev–Trinajstić information content (AvgIpc) is 2.12. The lowest BCUT2D eigenvalue weighted by atomic mass is 9.72. The molecule has 1 rings (SSSR count). The van der Waals surface area contributed by atoms with Gasteiger partial charge in [-0.15, -0.1) is 0 Å². The Morgan fingerprint density at radius 2 is 1.78 bits per heavy atom. The monoisotopic (exact) mass is 251 g/mol. The van der Waals surface area contributed by atoms with E-state index in [1.54, 1.807) is 6.07 Å². The van der Waals surface area contributed by atoms with Crippen molar-refractivity contribution in [1.29, 1.82) is 0 Å². The molecule has 1 N–H and O–H groups in total. The molecule has 4 nitrogen and oxygen atoms in total. The number of benzene rings is 1. The Morgan fingerprint density at radius 1 is 1.22 bits per heavy atom. The molecule has 1 aromatic carbocycles. The normalized spacial score (nSPS) is 12.5. The molecule has 0 atom stereocenters. The fourth-order valence-corrected chi connectivity index (χ4v) is 2.53. The first-order valence-corrected chi connectivity index (χ1v) is 6.01. The summed E-state index contributed by atoms with van der Waals surface area (Å²) >= 11 is 0. The molecular weight excluding hydrogens is 230 g/mol. The summed E-state index contributed by atoms with van der Waals surface area (Å²) in [5, 5.41) is 20.3. The van der Waals surface area contributed by atoms with Crippen molar-refractivity contribution in [1.82, 2.24) is 0 Å². The number of phenolic OH excluding ortho intramolecular Hbond substituents is 1. The SMILES string of the molecule is CC(C)(C)CC(C)(C)c1ccc([N+](=O)[O-])c(O)c1. The summed E-state index contributed by atoms with van der Waals surface area (Å²) in [7, 11) is 0. The second kappa shape index (κ2) is 4.59. The van der Waals surface area contributed by atoms with E-state index in [-0.39, 0.29) is 22.3 Å². The van der Waals surface area contributed by atoms with Crippen molar-refractivity contribution in [2.75, 3.05) is 0 Å². The summed E-state index contributed by atoms with van der Waals surface area (Å²) in [5.41, 5.74) is 0.692. The van der Waals surface area contributed by atoms with Gasteiger partial charge in [0.05, 0.1) is 4.92 Å². The Morgan fingerprint density at radius 3 is 2.17 bits per heavy atom. The zero-order valence-corrected chi connectivity index (χ0v) is 11.7. The summed E-state index contributed by atoms with van der Waals surface area (Å²) in [5.74, 6) is -0.264. The van der Waals surface area contributed by atoms with Crippen molar-refractivity contribution in [2.24, 2.45) is 5.41 Å². The molecule has 18 heavy (non-hydrogen) atoms. The first-order valence-electron chi connectivity index (χ1n) is 6.01. The van der Waals surface area contributed by atoms with Crippen LogP contribution in [0.15, 0.2) is 18.2 Å². The van der Waals surface area contributed by atoms with Gasteiger partial charge in [-0.05, 0) is 28.9 Å². The van der Waals surface area contributed by atoms with Crippen LogP contribution in [-0.4, -0.2) is 10.0 Å². The minimum Gasteiger partial charge on any atom is -0.502 e. The Hall–Kier alpha value is -1.58. The highest BCUT2D eigenvalue weighted by atomic mass is 16.6. The third kappa shape index (κ3) is 3.45. The van der Waals surface area contributed by atoms with Gasteiger partial charge in [0.15, 0.2) is 5.75 Å². The van der Waals surface area contributed by atoms with Crippen LogP contribution in [0, 0.1) is 15.5 Å². The molecule has 0 saturated heterocycles. The maximum absolute atomic E-state index is 10.7. The molecule has 100 valence electrons. The summed E-state index contributed by atoms with van der Waals surface area (Å²) < 4.78 is 0. The van der Waals surface area contributed by atoms with Crippen LogP contribution in [-0.2, 0) is 5.41 Å². The number of nitro groups is 1. The van der Waals surface area contributed by atoms with Crippen molar-refractivity contribution in [3.63, 3.8) is 0 Å². The number of rotatable bonds is 3. The molecule has 0 aliphatic heterocycles. The van der Waals surface area contributed by atoms with E-state index < -0.39 is 4.92 Å². The molecular formula is C14H21NO3. The van der Waals surface area contributed by atoms with Gasteiger partial charge in [0, 0.05) is 6.07 Å². The maximum Gasteiger partial charge on any atom is 0.310 e. The Labute approximate surface area is 108 Å². The summed E-state index contributed by atoms with van der Waals surface area (Å²) in [6.07, 6.45) is 0.928. The van der Waals surface area contributed by atoms with Crippen LogP contribution in [0.2, 0.25) is 0 Å². The molecule has 0 bridgehead atoms. The zero-order valence-electron chi connectivity index (χ0n) is 11.7. The van der Waals surface area contributed by atoms with E-state index in [4.69, 9.17) is 0 Å². The molecule has 0 aliphatic carbocycles.